The lowest BCUT2D eigenvalue weighted by Crippen LogP contribution is -1.97. The van der Waals surface area contributed by atoms with Gasteiger partial charge in [0.05, 0.1) is 5.56 Å². The van der Waals surface area contributed by atoms with Gasteiger partial charge in [-0.15, -0.1) is 0 Å². The summed E-state index contributed by atoms with van der Waals surface area (Å²) < 4.78 is 0. The van der Waals surface area contributed by atoms with Crippen molar-refractivity contribution in [3.8, 4) is 11.8 Å². The average Bonchev–Trinajstić information content (AvgIpc) is 2.46. The second kappa shape index (κ2) is 6.03. The number of hydrogen-bond donors (Lipinski definition) is 1. The van der Waals surface area contributed by atoms with Crippen molar-refractivity contribution in [3.05, 3.63) is 65.0 Å². The highest BCUT2D eigenvalue weighted by atomic mass is 16.4. The van der Waals surface area contributed by atoms with Crippen molar-refractivity contribution in [3.63, 3.8) is 0 Å². The van der Waals surface area contributed by atoms with Crippen LogP contribution in [-0.2, 0) is 0 Å². The summed E-state index contributed by atoms with van der Waals surface area (Å²) in [5, 5.41) is 8.90. The molecule has 0 saturated carbocycles. The molecule has 0 aliphatic rings. The van der Waals surface area contributed by atoms with Crippen LogP contribution in [0.5, 0.6) is 0 Å². The Hall–Kier alpha value is -2.60. The molecule has 0 amide bonds. The van der Waals surface area contributed by atoms with Crippen molar-refractivity contribution >= 4 is 5.97 Å². The van der Waals surface area contributed by atoms with Gasteiger partial charge in [-0.1, -0.05) is 31.9 Å². The summed E-state index contributed by atoms with van der Waals surface area (Å²) >= 11 is 0. The summed E-state index contributed by atoms with van der Waals surface area (Å²) in [6.07, 6.45) is 1.45. The number of carboxylic acid groups (broad SMARTS) is 1. The number of nitrogens with zero attached hydrogens (tertiary/aromatic N) is 1. The molecule has 1 aromatic heterocycles. The molecule has 2 aromatic rings. The van der Waals surface area contributed by atoms with Gasteiger partial charge in [-0.05, 0) is 41.7 Å². The van der Waals surface area contributed by atoms with Gasteiger partial charge in [0.2, 0.25) is 0 Å². The van der Waals surface area contributed by atoms with Gasteiger partial charge in [-0.25, -0.2) is 9.78 Å². The normalized spacial score (nSPS) is 9.95. The van der Waals surface area contributed by atoms with E-state index >= 15 is 0 Å². The predicted octanol–water partition coefficient (Wildman–Crippen LogP) is 3.30. The van der Waals surface area contributed by atoms with Crippen LogP contribution in [0.2, 0.25) is 0 Å². The smallest absolute Gasteiger partial charge is 0.335 e. The maximum atomic E-state index is 10.9. The van der Waals surface area contributed by atoms with E-state index in [0.29, 0.717) is 11.6 Å². The van der Waals surface area contributed by atoms with E-state index in [1.165, 1.54) is 23.9 Å². The third-order valence-electron chi connectivity index (χ3n) is 2.92. The monoisotopic (exact) mass is 265 g/mol. The van der Waals surface area contributed by atoms with Gasteiger partial charge in [0.15, 0.2) is 0 Å². The molecule has 0 fully saturated rings. The van der Waals surface area contributed by atoms with E-state index < -0.39 is 5.97 Å². The van der Waals surface area contributed by atoms with Crippen LogP contribution in [0.3, 0.4) is 0 Å². The lowest BCUT2D eigenvalue weighted by atomic mass is 10.0. The SMILES string of the molecule is CC(C)c1ccc(C#Cc2cc(C(=O)O)ccn2)cc1. The molecule has 0 aliphatic carbocycles. The van der Waals surface area contributed by atoms with Crippen molar-refractivity contribution in [2.75, 3.05) is 0 Å². The summed E-state index contributed by atoms with van der Waals surface area (Å²) in [6.45, 7) is 4.28. The molecule has 3 nitrogen and oxygen atoms in total. The van der Waals surface area contributed by atoms with Crippen LogP contribution in [0.25, 0.3) is 0 Å². The van der Waals surface area contributed by atoms with Gasteiger partial charge in [0, 0.05) is 11.8 Å². The average molecular weight is 265 g/mol. The summed E-state index contributed by atoms with van der Waals surface area (Å²) in [5.41, 5.74) is 2.80. The van der Waals surface area contributed by atoms with Crippen LogP contribution in [-0.4, -0.2) is 16.1 Å². The number of benzene rings is 1. The lowest BCUT2D eigenvalue weighted by molar-refractivity contribution is 0.0696. The third kappa shape index (κ3) is 3.46. The molecule has 0 spiro atoms. The third-order valence-corrected chi connectivity index (χ3v) is 2.92. The first-order valence-electron chi connectivity index (χ1n) is 6.37. The van der Waals surface area contributed by atoms with E-state index in [4.69, 9.17) is 5.11 Å². The van der Waals surface area contributed by atoms with Gasteiger partial charge in [-0.3, -0.25) is 0 Å². The molecule has 0 bridgehead atoms. The summed E-state index contributed by atoms with van der Waals surface area (Å²) in [4.78, 5) is 14.9. The second-order valence-corrected chi connectivity index (χ2v) is 4.76. The van der Waals surface area contributed by atoms with Crippen LogP contribution >= 0.6 is 0 Å². The molecule has 20 heavy (non-hydrogen) atoms. The first kappa shape index (κ1) is 13.8. The summed E-state index contributed by atoms with van der Waals surface area (Å²) in [6, 6.07) is 10.9. The van der Waals surface area contributed by atoms with Crippen molar-refractivity contribution in [1.82, 2.24) is 4.98 Å². The van der Waals surface area contributed by atoms with Crippen molar-refractivity contribution in [1.29, 1.82) is 0 Å². The van der Waals surface area contributed by atoms with Crippen LogP contribution in [0, 0.1) is 11.8 Å². The zero-order chi connectivity index (χ0) is 14.5. The Balaban J connectivity index is 2.22. The molecule has 1 N–H and O–H groups in total. The van der Waals surface area contributed by atoms with E-state index in [-0.39, 0.29) is 5.56 Å². The Morgan fingerprint density at radius 2 is 1.85 bits per heavy atom. The minimum Gasteiger partial charge on any atom is -0.478 e. The summed E-state index contributed by atoms with van der Waals surface area (Å²) in [7, 11) is 0. The zero-order valence-corrected chi connectivity index (χ0v) is 11.4. The molecule has 0 radical (unpaired) electrons. The maximum Gasteiger partial charge on any atom is 0.335 e. The fraction of sp³-hybridized carbons (Fsp3) is 0.176. The fourth-order valence-corrected chi connectivity index (χ4v) is 1.72. The van der Waals surface area contributed by atoms with Crippen molar-refractivity contribution < 1.29 is 9.90 Å². The molecule has 0 atom stereocenters. The molecule has 100 valence electrons. The second-order valence-electron chi connectivity index (χ2n) is 4.76. The number of rotatable bonds is 2. The minimum atomic E-state index is -0.975. The van der Waals surface area contributed by atoms with Gasteiger partial charge in [0.25, 0.3) is 0 Å². The highest BCUT2D eigenvalue weighted by Crippen LogP contribution is 2.14. The van der Waals surface area contributed by atoms with Gasteiger partial charge in [-0.2, -0.15) is 0 Å². The molecular weight excluding hydrogens is 250 g/mol. The van der Waals surface area contributed by atoms with E-state index in [0.717, 1.165) is 5.56 Å². The van der Waals surface area contributed by atoms with Crippen LogP contribution in [0.1, 0.15) is 46.9 Å². The number of aromatic carboxylic acids is 1. The Labute approximate surface area is 118 Å². The van der Waals surface area contributed by atoms with Crippen LogP contribution < -0.4 is 0 Å². The molecule has 1 heterocycles. The van der Waals surface area contributed by atoms with E-state index in [9.17, 15) is 4.79 Å². The predicted molar refractivity (Wildman–Crippen MR) is 77.7 cm³/mol. The fourth-order valence-electron chi connectivity index (χ4n) is 1.72. The standard InChI is InChI=1S/C17H15NO2/c1-12(2)14-6-3-13(4-7-14)5-8-16-11-15(17(19)20)9-10-18-16/h3-4,6-7,9-12H,1-2H3,(H,19,20). The van der Waals surface area contributed by atoms with Crippen molar-refractivity contribution in [2.45, 2.75) is 19.8 Å². The number of carboxylic acids is 1. The highest BCUT2D eigenvalue weighted by molar-refractivity contribution is 5.87. The molecule has 1 aromatic carbocycles. The molecule has 0 unspecified atom stereocenters. The number of pyridine rings is 1. The van der Waals surface area contributed by atoms with E-state index in [1.54, 1.807) is 0 Å². The molecule has 0 saturated heterocycles. The minimum absolute atomic E-state index is 0.194. The lowest BCUT2D eigenvalue weighted by Gasteiger charge is -2.03. The Bertz CT molecular complexity index is 676. The van der Waals surface area contributed by atoms with E-state index in [2.05, 4.69) is 42.8 Å². The Morgan fingerprint density at radius 1 is 1.15 bits per heavy atom. The molecule has 0 aliphatic heterocycles. The zero-order valence-electron chi connectivity index (χ0n) is 11.4. The van der Waals surface area contributed by atoms with Gasteiger partial charge >= 0.3 is 5.97 Å². The number of carbonyl (C=O) groups is 1. The number of hydrogen-bond acceptors (Lipinski definition) is 2. The number of aromatic nitrogens is 1. The van der Waals surface area contributed by atoms with Crippen LogP contribution in [0.4, 0.5) is 0 Å². The molecular formula is C17H15NO2. The maximum absolute atomic E-state index is 10.9. The Kier molecular flexibility index (Phi) is 4.17. The summed E-state index contributed by atoms with van der Waals surface area (Å²) in [5.74, 6) is 5.38. The highest BCUT2D eigenvalue weighted by Gasteiger charge is 2.02. The Morgan fingerprint density at radius 3 is 2.45 bits per heavy atom. The first-order chi connectivity index (χ1) is 9.56. The molecule has 3 heteroatoms. The van der Waals surface area contributed by atoms with E-state index in [1.807, 2.05) is 12.1 Å². The first-order valence-corrected chi connectivity index (χ1v) is 6.37. The van der Waals surface area contributed by atoms with Gasteiger partial charge < -0.3 is 5.11 Å². The topological polar surface area (TPSA) is 50.2 Å². The molecule has 2 rings (SSSR count). The van der Waals surface area contributed by atoms with Crippen LogP contribution in [0.15, 0.2) is 42.6 Å². The van der Waals surface area contributed by atoms with Gasteiger partial charge in [0.1, 0.15) is 5.69 Å². The van der Waals surface area contributed by atoms with Crippen molar-refractivity contribution in [2.24, 2.45) is 0 Å². The largest absolute Gasteiger partial charge is 0.478 e. The quantitative estimate of drug-likeness (QED) is 0.847.